The van der Waals surface area contributed by atoms with Gasteiger partial charge in [0, 0.05) is 31.6 Å². The molecule has 2 heterocycles. The zero-order valence-electron chi connectivity index (χ0n) is 16.4. The number of hydrogen-bond acceptors (Lipinski definition) is 4. The summed E-state index contributed by atoms with van der Waals surface area (Å²) in [4.78, 5) is 19.2. The number of ether oxygens (including phenoxy) is 1. The predicted octanol–water partition coefficient (Wildman–Crippen LogP) is 4.06. The lowest BCUT2D eigenvalue weighted by molar-refractivity contribution is 0.0621. The third-order valence-corrected chi connectivity index (χ3v) is 6.34. The van der Waals surface area contributed by atoms with Gasteiger partial charge in [0.25, 0.3) is 5.91 Å². The minimum absolute atomic E-state index is 0.137. The van der Waals surface area contributed by atoms with Crippen molar-refractivity contribution in [2.24, 2.45) is 0 Å². The highest BCUT2D eigenvalue weighted by Crippen LogP contribution is 2.22. The quantitative estimate of drug-likeness (QED) is 0.686. The van der Waals surface area contributed by atoms with Gasteiger partial charge in [0.1, 0.15) is 0 Å². The molecule has 1 amide bonds. The average Bonchev–Trinajstić information content (AvgIpc) is 3.17. The first-order valence-electron chi connectivity index (χ1n) is 9.78. The molecule has 1 fully saturated rings. The van der Waals surface area contributed by atoms with Crippen molar-refractivity contribution in [3.8, 4) is 0 Å². The van der Waals surface area contributed by atoms with E-state index in [9.17, 15) is 4.79 Å². The maximum atomic E-state index is 12.8. The van der Waals surface area contributed by atoms with Crippen molar-refractivity contribution < 1.29 is 9.53 Å². The minimum Gasteiger partial charge on any atom is -0.379 e. The van der Waals surface area contributed by atoms with Crippen LogP contribution in [0.15, 0.2) is 42.5 Å². The van der Waals surface area contributed by atoms with Gasteiger partial charge in [0.2, 0.25) is 0 Å². The lowest BCUT2D eigenvalue weighted by Crippen LogP contribution is -2.48. The molecule has 0 unspecified atom stereocenters. The molecule has 0 aliphatic carbocycles. The highest BCUT2D eigenvalue weighted by molar-refractivity contribution is 7.14. The van der Waals surface area contributed by atoms with Crippen LogP contribution in [0, 0.1) is 0 Å². The Kier molecular flexibility index (Phi) is 7.44. The van der Waals surface area contributed by atoms with Crippen molar-refractivity contribution in [2.45, 2.75) is 38.3 Å². The Balaban J connectivity index is 1.49. The van der Waals surface area contributed by atoms with Gasteiger partial charge in [-0.3, -0.25) is 4.79 Å². The maximum Gasteiger partial charge on any atom is 0.263 e. The number of piperidine rings is 1. The fraction of sp³-hybridized carbons (Fsp3) is 0.500. The molecule has 3 rings (SSSR count). The second-order valence-corrected chi connectivity index (χ2v) is 8.47. The molecule has 1 aliphatic heterocycles. The lowest BCUT2D eigenvalue weighted by atomic mass is 10.0. The fourth-order valence-electron chi connectivity index (χ4n) is 3.75. The molecule has 1 atom stereocenters. The number of likely N-dealkylation sites (tertiary alicyclic amines) is 1. The number of methoxy groups -OCH3 is 1. The van der Waals surface area contributed by atoms with Crippen LogP contribution in [0.5, 0.6) is 0 Å². The third kappa shape index (κ3) is 5.64. The predicted molar refractivity (Wildman–Crippen MR) is 111 cm³/mol. The minimum atomic E-state index is 0.137. The van der Waals surface area contributed by atoms with Crippen LogP contribution in [-0.4, -0.2) is 55.5 Å². The summed E-state index contributed by atoms with van der Waals surface area (Å²) in [6.07, 6.45) is 4.54. The van der Waals surface area contributed by atoms with E-state index in [2.05, 4.69) is 35.2 Å². The molecule has 4 nitrogen and oxygen atoms in total. The number of benzene rings is 1. The molecule has 2 aromatic rings. The van der Waals surface area contributed by atoms with Crippen molar-refractivity contribution in [3.63, 3.8) is 0 Å². The molecular weight excluding hydrogens is 356 g/mol. The number of rotatable bonds is 8. The number of thiophene rings is 1. The van der Waals surface area contributed by atoms with Crippen molar-refractivity contribution in [2.75, 3.05) is 33.8 Å². The van der Waals surface area contributed by atoms with Gasteiger partial charge in [-0.25, -0.2) is 0 Å². The average molecular weight is 387 g/mol. The Morgan fingerprint density at radius 2 is 2.07 bits per heavy atom. The van der Waals surface area contributed by atoms with Crippen LogP contribution in [0.1, 0.15) is 39.4 Å². The molecule has 1 aromatic heterocycles. The first-order valence-corrected chi connectivity index (χ1v) is 10.6. The van der Waals surface area contributed by atoms with Crippen molar-refractivity contribution in [1.82, 2.24) is 9.80 Å². The van der Waals surface area contributed by atoms with E-state index in [4.69, 9.17) is 4.74 Å². The van der Waals surface area contributed by atoms with E-state index in [-0.39, 0.29) is 5.91 Å². The van der Waals surface area contributed by atoms with Crippen LogP contribution < -0.4 is 0 Å². The molecule has 0 bridgehead atoms. The molecule has 5 heteroatoms. The van der Waals surface area contributed by atoms with Gasteiger partial charge < -0.3 is 14.5 Å². The van der Waals surface area contributed by atoms with E-state index < -0.39 is 0 Å². The Labute approximate surface area is 166 Å². The highest BCUT2D eigenvalue weighted by atomic mass is 32.1. The van der Waals surface area contributed by atoms with Crippen LogP contribution in [0.25, 0.3) is 0 Å². The summed E-state index contributed by atoms with van der Waals surface area (Å²) in [6, 6.07) is 14.9. The Morgan fingerprint density at radius 3 is 2.85 bits per heavy atom. The first-order chi connectivity index (χ1) is 13.2. The van der Waals surface area contributed by atoms with Crippen LogP contribution in [-0.2, 0) is 17.8 Å². The second-order valence-electron chi connectivity index (χ2n) is 7.30. The molecule has 0 spiro atoms. The van der Waals surface area contributed by atoms with Crippen LogP contribution in [0.2, 0.25) is 0 Å². The number of hydrogen-bond donors (Lipinski definition) is 0. The largest absolute Gasteiger partial charge is 0.379 e. The van der Waals surface area contributed by atoms with Crippen LogP contribution in [0.4, 0.5) is 0 Å². The summed E-state index contributed by atoms with van der Waals surface area (Å²) in [7, 11) is 3.64. The zero-order chi connectivity index (χ0) is 19.1. The number of aryl methyl sites for hydroxylation is 1. The number of amides is 1. The van der Waals surface area contributed by atoms with Crippen LogP contribution in [0.3, 0.4) is 0 Å². The summed E-state index contributed by atoms with van der Waals surface area (Å²) in [5.74, 6) is 0.137. The molecule has 27 heavy (non-hydrogen) atoms. The highest BCUT2D eigenvalue weighted by Gasteiger charge is 2.27. The van der Waals surface area contributed by atoms with E-state index >= 15 is 0 Å². The van der Waals surface area contributed by atoms with Crippen LogP contribution >= 0.6 is 11.3 Å². The smallest absolute Gasteiger partial charge is 0.263 e. The van der Waals surface area contributed by atoms with E-state index in [0.717, 1.165) is 48.7 Å². The number of nitrogens with zero attached hydrogens (tertiary/aromatic N) is 2. The van der Waals surface area contributed by atoms with E-state index in [0.29, 0.717) is 12.6 Å². The number of carbonyl (C=O) groups is 1. The molecule has 0 radical (unpaired) electrons. The summed E-state index contributed by atoms with van der Waals surface area (Å²) in [6.45, 7) is 3.79. The van der Waals surface area contributed by atoms with Gasteiger partial charge in [-0.1, -0.05) is 30.3 Å². The fourth-order valence-corrected chi connectivity index (χ4v) is 4.72. The van der Waals surface area contributed by atoms with Crippen molar-refractivity contribution >= 4 is 17.2 Å². The Morgan fingerprint density at radius 1 is 1.26 bits per heavy atom. The lowest BCUT2D eigenvalue weighted by Gasteiger charge is -2.37. The van der Waals surface area contributed by atoms with Gasteiger partial charge in [-0.15, -0.1) is 11.3 Å². The topological polar surface area (TPSA) is 32.8 Å². The molecule has 0 N–H and O–H groups in total. The molecule has 146 valence electrons. The molecule has 0 saturated carbocycles. The molecule has 1 aromatic carbocycles. The van der Waals surface area contributed by atoms with Crippen molar-refractivity contribution in [1.29, 1.82) is 0 Å². The van der Waals surface area contributed by atoms with Gasteiger partial charge in [0.05, 0.1) is 11.5 Å². The standard InChI is InChI=1S/C22H30N2O2S/c1-23(22(25)21-13-12-20(27-21)17-26-2)19-11-7-15-24(16-19)14-6-10-18-8-4-3-5-9-18/h3-5,8-9,12-13,19H,6-7,10-11,14-17H2,1-2H3/t19-/m1/s1. The van der Waals surface area contributed by atoms with Gasteiger partial charge in [-0.2, -0.15) is 0 Å². The first kappa shape index (κ1) is 20.1. The molecule has 1 aliphatic rings. The Hall–Kier alpha value is -1.69. The molecular formula is C22H30N2O2S. The third-order valence-electron chi connectivity index (χ3n) is 5.29. The molecule has 1 saturated heterocycles. The van der Waals surface area contributed by atoms with Gasteiger partial charge >= 0.3 is 0 Å². The second kappa shape index (κ2) is 10.0. The van der Waals surface area contributed by atoms with Gasteiger partial charge in [-0.05, 0) is 56.5 Å². The van der Waals surface area contributed by atoms with Crippen molar-refractivity contribution in [3.05, 3.63) is 57.8 Å². The summed E-state index contributed by atoms with van der Waals surface area (Å²) in [5, 5.41) is 0. The SMILES string of the molecule is COCc1ccc(C(=O)N(C)[C@@H]2CCCN(CCCc3ccccc3)C2)s1. The normalized spacial score (nSPS) is 17.8. The zero-order valence-corrected chi connectivity index (χ0v) is 17.2. The summed E-state index contributed by atoms with van der Waals surface area (Å²) in [5.41, 5.74) is 1.41. The summed E-state index contributed by atoms with van der Waals surface area (Å²) >= 11 is 1.54. The van der Waals surface area contributed by atoms with E-state index in [1.54, 1.807) is 18.4 Å². The summed E-state index contributed by atoms with van der Waals surface area (Å²) < 4.78 is 5.16. The number of likely N-dealkylation sites (N-methyl/N-ethyl adjacent to an activating group) is 1. The van der Waals surface area contributed by atoms with E-state index in [1.165, 1.54) is 12.0 Å². The maximum absolute atomic E-state index is 12.8. The van der Waals surface area contributed by atoms with Gasteiger partial charge in [0.15, 0.2) is 0 Å². The Bertz CT molecular complexity index is 716. The monoisotopic (exact) mass is 386 g/mol. The number of carbonyl (C=O) groups excluding carboxylic acids is 1. The van der Waals surface area contributed by atoms with E-state index in [1.807, 2.05) is 24.1 Å².